The number of carbonyl (C=O) groups is 2. The monoisotopic (exact) mass is 500 g/mol. The number of hydrogen-bond acceptors (Lipinski definition) is 11. The minimum Gasteiger partial charge on any atom is -0.494 e. The fraction of sp³-hybridized carbons (Fsp3) is 0.227. The average Bonchev–Trinajstić information content (AvgIpc) is 3.73. The fourth-order valence-electron chi connectivity index (χ4n) is 4.31. The Labute approximate surface area is 208 Å². The number of methoxy groups -OCH3 is 1. The number of aromatic nitrogens is 10. The highest BCUT2D eigenvalue weighted by Crippen LogP contribution is 2.31. The maximum absolute atomic E-state index is 13.4. The molecule has 0 atom stereocenters. The summed E-state index contributed by atoms with van der Waals surface area (Å²) in [5, 5.41) is 20.2. The molecule has 0 saturated carbocycles. The molecule has 0 unspecified atom stereocenters. The zero-order valence-corrected chi connectivity index (χ0v) is 19.6. The number of nitrogens with one attached hydrogen (secondary N) is 1. The first-order valence-corrected chi connectivity index (χ1v) is 11.3. The van der Waals surface area contributed by atoms with E-state index in [1.165, 1.54) is 35.3 Å². The molecule has 37 heavy (non-hydrogen) atoms. The Hall–Kier alpha value is -5.21. The quantitative estimate of drug-likeness (QED) is 0.247. The van der Waals surface area contributed by atoms with Crippen LogP contribution in [0.1, 0.15) is 10.4 Å². The summed E-state index contributed by atoms with van der Waals surface area (Å²) in [5.74, 6) is 0.649. The molecule has 1 aliphatic heterocycles. The van der Waals surface area contributed by atoms with Gasteiger partial charge in [0.15, 0.2) is 11.6 Å². The number of nitrogens with zero attached hydrogens (tertiary/aromatic N) is 11. The summed E-state index contributed by atoms with van der Waals surface area (Å²) in [7, 11) is 1.48. The molecule has 0 aliphatic carbocycles. The van der Waals surface area contributed by atoms with Crippen molar-refractivity contribution in [2.75, 3.05) is 38.2 Å². The summed E-state index contributed by atoms with van der Waals surface area (Å²) in [6.45, 7) is 1.55. The molecule has 0 bridgehead atoms. The molecule has 6 rings (SSSR count). The Morgan fingerprint density at radius 1 is 1.05 bits per heavy atom. The van der Waals surface area contributed by atoms with Gasteiger partial charge in [0.25, 0.3) is 17.6 Å². The minimum atomic E-state index is -0.646. The van der Waals surface area contributed by atoms with E-state index >= 15 is 0 Å². The summed E-state index contributed by atoms with van der Waals surface area (Å²) < 4.78 is 8.45. The number of H-pyrrole nitrogens is 1. The third kappa shape index (κ3) is 3.81. The van der Waals surface area contributed by atoms with Crippen LogP contribution in [0.4, 0.5) is 5.95 Å². The van der Waals surface area contributed by atoms with Crippen LogP contribution >= 0.6 is 0 Å². The molecule has 1 amide bonds. The molecular weight excluding hydrogens is 480 g/mol. The van der Waals surface area contributed by atoms with Gasteiger partial charge in [-0.05, 0) is 22.6 Å². The Bertz CT molecular complexity index is 1570. The molecule has 1 saturated heterocycles. The zero-order valence-electron chi connectivity index (χ0n) is 19.6. The predicted octanol–water partition coefficient (Wildman–Crippen LogP) is 0.0544. The number of aromatic amines is 1. The van der Waals surface area contributed by atoms with Crippen LogP contribution in [-0.2, 0) is 4.79 Å². The minimum absolute atomic E-state index is 0.196. The van der Waals surface area contributed by atoms with Crippen molar-refractivity contribution >= 4 is 28.5 Å². The van der Waals surface area contributed by atoms with Crippen molar-refractivity contribution in [3.63, 3.8) is 0 Å². The molecule has 15 nitrogen and oxygen atoms in total. The number of fused-ring (bicyclic) bond motifs is 1. The molecule has 15 heteroatoms. The third-order valence-corrected chi connectivity index (χ3v) is 6.12. The molecule has 5 aromatic heterocycles. The first-order valence-electron chi connectivity index (χ1n) is 11.3. The van der Waals surface area contributed by atoms with Gasteiger partial charge in [-0.15, -0.1) is 5.10 Å². The first-order chi connectivity index (χ1) is 18.2. The van der Waals surface area contributed by atoms with Crippen molar-refractivity contribution in [2.24, 2.45) is 0 Å². The summed E-state index contributed by atoms with van der Waals surface area (Å²) in [5.41, 5.74) is 0.703. The summed E-state index contributed by atoms with van der Waals surface area (Å²) in [6.07, 6.45) is 7.79. The Morgan fingerprint density at radius 3 is 2.65 bits per heavy atom. The smallest absolute Gasteiger partial charge is 0.295 e. The van der Waals surface area contributed by atoms with Crippen molar-refractivity contribution in [3.8, 4) is 17.4 Å². The summed E-state index contributed by atoms with van der Waals surface area (Å²) >= 11 is 0. The van der Waals surface area contributed by atoms with Crippen molar-refractivity contribution in [2.45, 2.75) is 0 Å². The second kappa shape index (κ2) is 9.10. The number of hydrogen-bond donors (Lipinski definition) is 1. The maximum Gasteiger partial charge on any atom is 0.295 e. The zero-order chi connectivity index (χ0) is 25.4. The van der Waals surface area contributed by atoms with Gasteiger partial charge in [-0.2, -0.15) is 4.68 Å². The van der Waals surface area contributed by atoms with Gasteiger partial charge in [-0.1, -0.05) is 16.4 Å². The normalized spacial score (nSPS) is 13.8. The highest BCUT2D eigenvalue weighted by Gasteiger charge is 2.31. The van der Waals surface area contributed by atoms with Gasteiger partial charge in [-0.25, -0.2) is 14.6 Å². The molecule has 0 radical (unpaired) electrons. The SMILES string of the molecule is COc1cnc(-n2ccnn2)c2[nH]cc(C(=O)C(=O)N3CCN(c4nnnn4-c4ccccn4)CC3)c12. The van der Waals surface area contributed by atoms with Crippen molar-refractivity contribution in [3.05, 3.63) is 54.7 Å². The largest absolute Gasteiger partial charge is 0.494 e. The predicted molar refractivity (Wildman–Crippen MR) is 128 cm³/mol. The maximum atomic E-state index is 13.4. The van der Waals surface area contributed by atoms with Gasteiger partial charge >= 0.3 is 0 Å². The number of ketones is 1. The van der Waals surface area contributed by atoms with Crippen LogP contribution in [0, 0.1) is 0 Å². The van der Waals surface area contributed by atoms with E-state index in [9.17, 15) is 9.59 Å². The Kier molecular flexibility index (Phi) is 5.48. The van der Waals surface area contributed by atoms with Crippen molar-refractivity contribution < 1.29 is 14.3 Å². The highest BCUT2D eigenvalue weighted by molar-refractivity contribution is 6.45. The van der Waals surface area contributed by atoms with Gasteiger partial charge in [0.1, 0.15) is 5.75 Å². The van der Waals surface area contributed by atoms with E-state index in [-0.39, 0.29) is 5.56 Å². The number of pyridine rings is 2. The van der Waals surface area contributed by atoms with Gasteiger partial charge in [-0.3, -0.25) is 9.59 Å². The average molecular weight is 500 g/mol. The van der Waals surface area contributed by atoms with Gasteiger partial charge < -0.3 is 19.5 Å². The van der Waals surface area contributed by atoms with E-state index in [1.54, 1.807) is 23.1 Å². The van der Waals surface area contributed by atoms with Crippen LogP contribution in [-0.4, -0.2) is 100 Å². The second-order valence-corrected chi connectivity index (χ2v) is 8.14. The lowest BCUT2D eigenvalue weighted by molar-refractivity contribution is -0.126. The van der Waals surface area contributed by atoms with Crippen LogP contribution in [0.15, 0.2) is 49.2 Å². The molecule has 1 fully saturated rings. The van der Waals surface area contributed by atoms with Crippen LogP contribution in [0.5, 0.6) is 5.75 Å². The van der Waals surface area contributed by atoms with Gasteiger partial charge in [0, 0.05) is 38.6 Å². The molecular formula is C22H20N12O3. The van der Waals surface area contributed by atoms with E-state index in [1.807, 2.05) is 17.0 Å². The number of ether oxygens (including phenoxy) is 1. The fourth-order valence-corrected chi connectivity index (χ4v) is 4.31. The summed E-state index contributed by atoms with van der Waals surface area (Å²) in [4.78, 5) is 41.8. The molecule has 1 N–H and O–H groups in total. The first kappa shape index (κ1) is 22.3. The molecule has 6 heterocycles. The number of amides is 1. The van der Waals surface area contributed by atoms with Crippen LogP contribution in [0.2, 0.25) is 0 Å². The Morgan fingerprint density at radius 2 is 1.92 bits per heavy atom. The summed E-state index contributed by atoms with van der Waals surface area (Å²) in [6, 6.07) is 5.46. The number of anilines is 1. The number of tetrazole rings is 1. The molecule has 5 aromatic rings. The molecule has 186 valence electrons. The van der Waals surface area contributed by atoms with E-state index in [2.05, 4.69) is 40.8 Å². The number of carbonyl (C=O) groups excluding carboxylic acids is 2. The number of piperazine rings is 1. The third-order valence-electron chi connectivity index (χ3n) is 6.12. The molecule has 0 spiro atoms. The van der Waals surface area contributed by atoms with E-state index in [4.69, 9.17) is 4.74 Å². The Balaban J connectivity index is 1.22. The van der Waals surface area contributed by atoms with Crippen LogP contribution < -0.4 is 9.64 Å². The van der Waals surface area contributed by atoms with Crippen molar-refractivity contribution in [1.82, 2.24) is 55.1 Å². The van der Waals surface area contributed by atoms with Crippen molar-refractivity contribution in [1.29, 1.82) is 0 Å². The lowest BCUT2D eigenvalue weighted by atomic mass is 10.1. The second-order valence-electron chi connectivity index (χ2n) is 8.14. The molecule has 0 aromatic carbocycles. The number of Topliss-reactive ketones (excluding diaryl/α,β-unsaturated/α-hetero) is 1. The topological polar surface area (TPSA) is 166 Å². The highest BCUT2D eigenvalue weighted by atomic mass is 16.5. The van der Waals surface area contributed by atoms with E-state index in [0.717, 1.165) is 0 Å². The van der Waals surface area contributed by atoms with Gasteiger partial charge in [0.2, 0.25) is 0 Å². The lowest BCUT2D eigenvalue weighted by Crippen LogP contribution is -2.51. The van der Waals surface area contributed by atoms with E-state index in [0.29, 0.717) is 60.4 Å². The van der Waals surface area contributed by atoms with E-state index < -0.39 is 11.7 Å². The van der Waals surface area contributed by atoms with Crippen LogP contribution in [0.25, 0.3) is 22.5 Å². The number of rotatable bonds is 6. The van der Waals surface area contributed by atoms with Gasteiger partial charge in [0.05, 0.1) is 42.2 Å². The van der Waals surface area contributed by atoms with Crippen LogP contribution in [0.3, 0.4) is 0 Å². The lowest BCUT2D eigenvalue weighted by Gasteiger charge is -2.34. The standard InChI is InChI=1S/C22H20N12O3/c1-37-15-13-25-20(33-7-6-26-29-33)18-17(15)14(12-24-18)19(35)21(36)31-8-10-32(11-9-31)22-27-28-30-34(22)16-4-2-3-5-23-16/h2-7,12-13,24H,8-11H2,1H3. The molecule has 1 aliphatic rings.